The molecule has 1 N–H and O–H groups in total. The maximum absolute atomic E-state index is 12.4. The monoisotopic (exact) mass is 455 g/mol. The van der Waals surface area contributed by atoms with Gasteiger partial charge in [-0.1, -0.05) is 12.1 Å². The van der Waals surface area contributed by atoms with Crippen LogP contribution in [0.25, 0.3) is 0 Å². The minimum Gasteiger partial charge on any atom is -0.475 e. The smallest absolute Gasteiger partial charge is 0.475 e. The molecule has 1 amide bonds. The van der Waals surface area contributed by atoms with Gasteiger partial charge in [-0.2, -0.15) is 13.2 Å². The molecular formula is C20H20F3N3O4S. The van der Waals surface area contributed by atoms with E-state index in [0.717, 1.165) is 31.0 Å². The van der Waals surface area contributed by atoms with E-state index in [1.807, 2.05) is 47.0 Å². The molecule has 2 fully saturated rings. The number of nitrogens with zero attached hydrogens (tertiary/aromatic N) is 3. The van der Waals surface area contributed by atoms with Gasteiger partial charge in [-0.05, 0) is 30.7 Å². The molecule has 7 nitrogen and oxygen atoms in total. The summed E-state index contributed by atoms with van der Waals surface area (Å²) in [4.78, 5) is 31.6. The third-order valence-corrected chi connectivity index (χ3v) is 6.32. The van der Waals surface area contributed by atoms with Crippen LogP contribution in [0.5, 0.6) is 0 Å². The molecule has 0 aromatic carbocycles. The Morgan fingerprint density at radius 2 is 1.81 bits per heavy atom. The van der Waals surface area contributed by atoms with Crippen molar-refractivity contribution in [1.29, 1.82) is 0 Å². The fourth-order valence-corrected chi connectivity index (χ4v) is 4.81. The lowest BCUT2D eigenvalue weighted by atomic mass is 9.92. The summed E-state index contributed by atoms with van der Waals surface area (Å²) in [5.74, 6) is -1.74. The van der Waals surface area contributed by atoms with Gasteiger partial charge in [-0.15, -0.1) is 11.8 Å². The quantitative estimate of drug-likeness (QED) is 0.758. The predicted molar refractivity (Wildman–Crippen MR) is 106 cm³/mol. The number of amides is 1. The van der Waals surface area contributed by atoms with E-state index in [4.69, 9.17) is 14.6 Å². The van der Waals surface area contributed by atoms with Crippen molar-refractivity contribution in [3.63, 3.8) is 0 Å². The van der Waals surface area contributed by atoms with Crippen LogP contribution in [0.2, 0.25) is 0 Å². The molecule has 4 heterocycles. The number of rotatable bonds is 4. The number of pyridine rings is 2. The number of halogens is 3. The number of ether oxygens (including phenoxy) is 1. The van der Waals surface area contributed by atoms with Crippen molar-refractivity contribution in [2.45, 2.75) is 30.1 Å². The average Bonchev–Trinajstić information content (AvgIpc) is 3.17. The van der Waals surface area contributed by atoms with Crippen molar-refractivity contribution in [1.82, 2.24) is 14.9 Å². The SMILES string of the molecule is O=C(O)C(F)(F)F.O=C(c1ccccn1)N1CC2(CC(OCc3ccccn3)CS2)C1. The lowest BCUT2D eigenvalue weighted by Gasteiger charge is -2.47. The Kier molecular flexibility index (Phi) is 7.16. The Morgan fingerprint density at radius 1 is 1.16 bits per heavy atom. The molecule has 2 aromatic heterocycles. The average molecular weight is 455 g/mol. The Hall–Kier alpha value is -2.66. The molecule has 0 bridgehead atoms. The van der Waals surface area contributed by atoms with Gasteiger partial charge in [-0.25, -0.2) is 4.79 Å². The van der Waals surface area contributed by atoms with Crippen LogP contribution < -0.4 is 0 Å². The van der Waals surface area contributed by atoms with Crippen LogP contribution in [0, 0.1) is 0 Å². The number of hydrogen-bond acceptors (Lipinski definition) is 6. The molecule has 1 unspecified atom stereocenters. The number of hydrogen-bond donors (Lipinski definition) is 1. The van der Waals surface area contributed by atoms with E-state index in [1.54, 1.807) is 18.5 Å². The maximum atomic E-state index is 12.4. The molecule has 1 atom stereocenters. The van der Waals surface area contributed by atoms with E-state index in [0.29, 0.717) is 12.3 Å². The molecule has 4 rings (SSSR count). The van der Waals surface area contributed by atoms with Crippen LogP contribution in [0.4, 0.5) is 13.2 Å². The third-order valence-electron chi connectivity index (χ3n) is 4.74. The minimum atomic E-state index is -5.08. The zero-order chi connectivity index (χ0) is 22.5. The zero-order valence-electron chi connectivity index (χ0n) is 16.3. The zero-order valence-corrected chi connectivity index (χ0v) is 17.1. The predicted octanol–water partition coefficient (Wildman–Crippen LogP) is 3.03. The molecule has 2 saturated heterocycles. The summed E-state index contributed by atoms with van der Waals surface area (Å²) >= 11 is 1.93. The number of carbonyl (C=O) groups excluding carboxylic acids is 1. The molecule has 0 aliphatic carbocycles. The first kappa shape index (κ1) is 23.0. The molecule has 2 aliphatic heterocycles. The summed E-state index contributed by atoms with van der Waals surface area (Å²) < 4.78 is 37.9. The number of thioether (sulfide) groups is 1. The lowest BCUT2D eigenvalue weighted by Crippen LogP contribution is -2.60. The Balaban J connectivity index is 0.000000339. The van der Waals surface area contributed by atoms with Crippen LogP contribution >= 0.6 is 11.8 Å². The standard InChI is InChI=1S/C18H19N3O2S.C2HF3O2/c22-17(16-6-2-4-8-20-16)21-12-18(13-21)9-15(11-24-18)23-10-14-5-1-3-7-19-14;3-2(4,5)1(6)7/h1-8,15H,9-13H2;(H,6,7). The van der Waals surface area contributed by atoms with Gasteiger partial charge in [0.1, 0.15) is 5.69 Å². The minimum absolute atomic E-state index is 0.0275. The van der Waals surface area contributed by atoms with E-state index in [9.17, 15) is 18.0 Å². The summed E-state index contributed by atoms with van der Waals surface area (Å²) in [5, 5.41) is 7.12. The van der Waals surface area contributed by atoms with E-state index < -0.39 is 12.1 Å². The molecule has 31 heavy (non-hydrogen) atoms. The first-order chi connectivity index (χ1) is 14.7. The van der Waals surface area contributed by atoms with Gasteiger partial charge < -0.3 is 14.7 Å². The fraction of sp³-hybridized carbons (Fsp3) is 0.400. The van der Waals surface area contributed by atoms with E-state index >= 15 is 0 Å². The number of alkyl halides is 3. The van der Waals surface area contributed by atoms with Crippen LogP contribution in [-0.2, 0) is 16.1 Å². The number of likely N-dealkylation sites (tertiary alicyclic amines) is 1. The highest BCUT2D eigenvalue weighted by molar-refractivity contribution is 8.01. The van der Waals surface area contributed by atoms with Gasteiger partial charge in [0.15, 0.2) is 0 Å². The van der Waals surface area contributed by atoms with Gasteiger partial charge in [-0.3, -0.25) is 14.8 Å². The summed E-state index contributed by atoms with van der Waals surface area (Å²) in [6, 6.07) is 11.3. The molecular weight excluding hydrogens is 435 g/mol. The van der Waals surface area contributed by atoms with Gasteiger partial charge in [0.25, 0.3) is 5.91 Å². The summed E-state index contributed by atoms with van der Waals surface area (Å²) in [6.07, 6.45) is -0.397. The largest absolute Gasteiger partial charge is 0.490 e. The molecule has 0 saturated carbocycles. The first-order valence-electron chi connectivity index (χ1n) is 9.34. The van der Waals surface area contributed by atoms with Gasteiger partial charge in [0, 0.05) is 31.2 Å². The number of carboxylic acids is 1. The van der Waals surface area contributed by atoms with E-state index in [2.05, 4.69) is 9.97 Å². The van der Waals surface area contributed by atoms with Gasteiger partial charge in [0.2, 0.25) is 0 Å². The number of aromatic nitrogens is 2. The Labute approximate surface area is 180 Å². The highest BCUT2D eigenvalue weighted by Gasteiger charge is 2.51. The third kappa shape index (κ3) is 6.17. The fourth-order valence-electron chi connectivity index (χ4n) is 3.26. The normalized spacial score (nSPS) is 19.3. The van der Waals surface area contributed by atoms with Crippen molar-refractivity contribution < 1.29 is 32.6 Å². The molecule has 2 aliphatic rings. The van der Waals surface area contributed by atoms with Gasteiger partial charge in [0.05, 0.1) is 23.2 Å². The van der Waals surface area contributed by atoms with Crippen molar-refractivity contribution >= 4 is 23.6 Å². The lowest BCUT2D eigenvalue weighted by molar-refractivity contribution is -0.192. The Bertz CT molecular complexity index is 894. The molecule has 0 radical (unpaired) electrons. The first-order valence-corrected chi connectivity index (χ1v) is 10.3. The van der Waals surface area contributed by atoms with E-state index in [-0.39, 0.29) is 16.8 Å². The Morgan fingerprint density at radius 3 is 2.35 bits per heavy atom. The second-order valence-corrected chi connectivity index (χ2v) is 8.62. The highest BCUT2D eigenvalue weighted by Crippen LogP contribution is 2.46. The van der Waals surface area contributed by atoms with Crippen molar-refractivity contribution in [3.05, 3.63) is 60.2 Å². The topological polar surface area (TPSA) is 92.6 Å². The maximum Gasteiger partial charge on any atom is 0.490 e. The van der Waals surface area contributed by atoms with E-state index in [1.165, 1.54) is 0 Å². The van der Waals surface area contributed by atoms with Crippen LogP contribution in [0.15, 0.2) is 48.8 Å². The highest BCUT2D eigenvalue weighted by atomic mass is 32.2. The summed E-state index contributed by atoms with van der Waals surface area (Å²) in [5.41, 5.74) is 1.49. The van der Waals surface area contributed by atoms with Crippen molar-refractivity contribution in [3.8, 4) is 0 Å². The second kappa shape index (κ2) is 9.65. The molecule has 166 valence electrons. The molecule has 1 spiro atoms. The summed E-state index contributed by atoms with van der Waals surface area (Å²) in [7, 11) is 0. The number of carboxylic acid groups (broad SMARTS) is 1. The van der Waals surface area contributed by atoms with Crippen LogP contribution in [0.3, 0.4) is 0 Å². The van der Waals surface area contributed by atoms with Crippen LogP contribution in [-0.4, -0.2) is 67.7 Å². The summed E-state index contributed by atoms with van der Waals surface area (Å²) in [6.45, 7) is 2.13. The second-order valence-electron chi connectivity index (χ2n) is 7.13. The van der Waals surface area contributed by atoms with Crippen molar-refractivity contribution in [2.24, 2.45) is 0 Å². The number of carbonyl (C=O) groups is 2. The molecule has 11 heteroatoms. The number of aliphatic carboxylic acids is 1. The van der Waals surface area contributed by atoms with Gasteiger partial charge >= 0.3 is 12.1 Å². The molecule has 2 aromatic rings. The van der Waals surface area contributed by atoms with Crippen molar-refractivity contribution in [2.75, 3.05) is 18.8 Å². The van der Waals surface area contributed by atoms with Crippen LogP contribution in [0.1, 0.15) is 22.6 Å².